The Kier molecular flexibility index (Phi) is 9.92. The van der Waals surface area contributed by atoms with Crippen molar-refractivity contribution >= 4 is 22.8 Å². The summed E-state index contributed by atoms with van der Waals surface area (Å²) in [4.78, 5) is 22.9. The van der Waals surface area contributed by atoms with Crippen molar-refractivity contribution in [1.29, 1.82) is 0 Å². The van der Waals surface area contributed by atoms with Gasteiger partial charge in [0.15, 0.2) is 0 Å². The molecule has 0 fully saturated rings. The first-order chi connectivity index (χ1) is 16.7. The van der Waals surface area contributed by atoms with Crippen molar-refractivity contribution in [3.8, 4) is 17.2 Å². The lowest BCUT2D eigenvalue weighted by molar-refractivity contribution is -0.139. The van der Waals surface area contributed by atoms with E-state index in [-0.39, 0.29) is 13.2 Å². The molecule has 0 unspecified atom stereocenters. The van der Waals surface area contributed by atoms with Gasteiger partial charge in [0, 0.05) is 18.0 Å². The molecule has 178 valence electrons. The minimum Gasteiger partial charge on any atom is -0.460 e. The summed E-state index contributed by atoms with van der Waals surface area (Å²) >= 11 is 0. The van der Waals surface area contributed by atoms with Gasteiger partial charge in [-0.3, -0.25) is 0 Å². The molecule has 0 aliphatic carbocycles. The summed E-state index contributed by atoms with van der Waals surface area (Å²) in [5.74, 6) is 1.41. The van der Waals surface area contributed by atoms with Crippen LogP contribution in [0.4, 0.5) is 4.79 Å². The highest BCUT2D eigenvalue weighted by molar-refractivity contribution is 5.90. The molecule has 0 aliphatic heterocycles. The van der Waals surface area contributed by atoms with E-state index in [1.165, 1.54) is 0 Å². The molecule has 0 bridgehead atoms. The maximum atomic E-state index is 12.1. The Morgan fingerprint density at radius 1 is 0.824 bits per heavy atom. The molecule has 8 nitrogen and oxygen atoms in total. The van der Waals surface area contributed by atoms with Crippen LogP contribution in [-0.4, -0.2) is 51.6 Å². The van der Waals surface area contributed by atoms with Crippen LogP contribution in [0.1, 0.15) is 0 Å². The van der Waals surface area contributed by atoms with E-state index in [0.29, 0.717) is 32.1 Å². The number of amides is 1. The lowest BCUT2D eigenvalue weighted by Crippen LogP contribution is -2.30. The number of carbonyl (C=O) groups is 2. The minimum atomic E-state index is -0.570. The summed E-state index contributed by atoms with van der Waals surface area (Å²) in [6.45, 7) is 5.04. The second-order valence-corrected chi connectivity index (χ2v) is 6.97. The number of nitrogens with one attached hydrogen (secondary N) is 1. The van der Waals surface area contributed by atoms with E-state index in [0.717, 1.165) is 28.3 Å². The average Bonchev–Trinajstić information content (AvgIpc) is 2.85. The van der Waals surface area contributed by atoms with Gasteiger partial charge in [-0.1, -0.05) is 36.9 Å². The van der Waals surface area contributed by atoms with Crippen LogP contribution in [0, 0.1) is 0 Å². The van der Waals surface area contributed by atoms with Gasteiger partial charge in [-0.2, -0.15) is 0 Å². The van der Waals surface area contributed by atoms with Gasteiger partial charge in [0.05, 0.1) is 26.4 Å². The maximum Gasteiger partial charge on any atom is 0.412 e. The van der Waals surface area contributed by atoms with Crippen LogP contribution in [0.5, 0.6) is 17.2 Å². The molecule has 3 aromatic carbocycles. The number of rotatable bonds is 13. The van der Waals surface area contributed by atoms with Crippen molar-refractivity contribution in [2.45, 2.75) is 0 Å². The standard InChI is InChI=1S/C26H27NO7/c1-2-25(28)32-18-17-31-16-15-30-14-13-27-26(29)34-22-11-12-23-20(19-22)7-6-10-24(23)33-21-8-4-3-5-9-21/h2-12,19H,1,13-18H2,(H,27,29). The van der Waals surface area contributed by atoms with Gasteiger partial charge in [0.25, 0.3) is 0 Å². The molecule has 0 heterocycles. The molecule has 0 saturated heterocycles. The molecule has 0 aromatic heterocycles. The fraction of sp³-hybridized carbons (Fsp3) is 0.231. The molecule has 34 heavy (non-hydrogen) atoms. The summed E-state index contributed by atoms with van der Waals surface area (Å²) in [5.41, 5.74) is 0. The van der Waals surface area contributed by atoms with Crippen LogP contribution in [0.2, 0.25) is 0 Å². The van der Waals surface area contributed by atoms with Crippen molar-refractivity contribution in [2.24, 2.45) is 0 Å². The van der Waals surface area contributed by atoms with Crippen LogP contribution in [-0.2, 0) is 19.0 Å². The Labute approximate surface area is 198 Å². The molecular weight excluding hydrogens is 438 g/mol. The zero-order valence-corrected chi connectivity index (χ0v) is 18.7. The molecule has 0 aliphatic rings. The Balaban J connectivity index is 1.35. The molecule has 8 heteroatoms. The number of carbonyl (C=O) groups excluding carboxylic acids is 2. The summed E-state index contributed by atoms with van der Waals surface area (Å²) in [6.07, 6.45) is 0.527. The van der Waals surface area contributed by atoms with Crippen molar-refractivity contribution < 1.29 is 33.3 Å². The van der Waals surface area contributed by atoms with Crippen LogP contribution in [0.3, 0.4) is 0 Å². The molecule has 3 rings (SSSR count). The van der Waals surface area contributed by atoms with Crippen molar-refractivity contribution in [2.75, 3.05) is 39.6 Å². The summed E-state index contributed by atoms with van der Waals surface area (Å²) in [7, 11) is 0. The molecular formula is C26H27NO7. The number of fused-ring (bicyclic) bond motifs is 1. The summed E-state index contributed by atoms with van der Waals surface area (Å²) in [6, 6.07) is 20.6. The van der Waals surface area contributed by atoms with Gasteiger partial charge >= 0.3 is 12.1 Å². The van der Waals surface area contributed by atoms with E-state index < -0.39 is 12.1 Å². The van der Waals surface area contributed by atoms with Crippen molar-refractivity contribution in [3.63, 3.8) is 0 Å². The molecule has 3 aromatic rings. The van der Waals surface area contributed by atoms with Gasteiger partial charge in [0.2, 0.25) is 0 Å². The van der Waals surface area contributed by atoms with E-state index in [2.05, 4.69) is 11.9 Å². The largest absolute Gasteiger partial charge is 0.460 e. The van der Waals surface area contributed by atoms with E-state index in [1.807, 2.05) is 54.6 Å². The average molecular weight is 466 g/mol. The Morgan fingerprint density at radius 2 is 1.59 bits per heavy atom. The number of hydrogen-bond acceptors (Lipinski definition) is 7. The molecule has 0 saturated carbocycles. The van der Waals surface area contributed by atoms with Crippen LogP contribution in [0.15, 0.2) is 79.4 Å². The monoisotopic (exact) mass is 465 g/mol. The predicted molar refractivity (Wildman–Crippen MR) is 127 cm³/mol. The van der Waals surface area contributed by atoms with Crippen molar-refractivity contribution in [3.05, 3.63) is 79.4 Å². The number of esters is 1. The molecule has 0 radical (unpaired) electrons. The normalized spacial score (nSPS) is 10.5. The zero-order chi connectivity index (χ0) is 24.0. The van der Waals surface area contributed by atoms with E-state index in [4.69, 9.17) is 23.7 Å². The highest BCUT2D eigenvalue weighted by Crippen LogP contribution is 2.31. The molecule has 1 N–H and O–H groups in total. The fourth-order valence-electron chi connectivity index (χ4n) is 2.95. The highest BCUT2D eigenvalue weighted by Gasteiger charge is 2.08. The maximum absolute atomic E-state index is 12.1. The zero-order valence-electron chi connectivity index (χ0n) is 18.7. The first-order valence-corrected chi connectivity index (χ1v) is 10.8. The second-order valence-electron chi connectivity index (χ2n) is 6.97. The third kappa shape index (κ3) is 8.23. The van der Waals surface area contributed by atoms with Crippen molar-refractivity contribution in [1.82, 2.24) is 5.32 Å². The Morgan fingerprint density at radius 3 is 2.38 bits per heavy atom. The second kappa shape index (κ2) is 13.6. The summed E-state index contributed by atoms with van der Waals surface area (Å²) < 4.78 is 26.7. The third-order valence-electron chi connectivity index (χ3n) is 4.52. The molecule has 0 spiro atoms. The number of benzene rings is 3. The quantitative estimate of drug-likeness (QED) is 0.226. The first-order valence-electron chi connectivity index (χ1n) is 10.8. The van der Waals surface area contributed by atoms with E-state index >= 15 is 0 Å². The fourth-order valence-corrected chi connectivity index (χ4v) is 2.95. The Hall–Kier alpha value is -3.88. The predicted octanol–water partition coefficient (Wildman–Crippen LogP) is 4.48. The van der Waals surface area contributed by atoms with Gasteiger partial charge < -0.3 is 29.0 Å². The third-order valence-corrected chi connectivity index (χ3v) is 4.52. The lowest BCUT2D eigenvalue weighted by Gasteiger charge is -2.11. The number of ether oxygens (including phenoxy) is 5. The van der Waals surface area contributed by atoms with Gasteiger partial charge in [-0.05, 0) is 41.8 Å². The highest BCUT2D eigenvalue weighted by atomic mass is 16.6. The van der Waals surface area contributed by atoms with Crippen LogP contribution >= 0.6 is 0 Å². The smallest absolute Gasteiger partial charge is 0.412 e. The SMILES string of the molecule is C=CC(=O)OCCOCCOCCNC(=O)Oc1ccc2c(Oc3ccccc3)cccc2c1. The first kappa shape index (κ1) is 24.8. The topological polar surface area (TPSA) is 92.3 Å². The minimum absolute atomic E-state index is 0.161. The Bertz CT molecular complexity index is 1080. The van der Waals surface area contributed by atoms with Gasteiger partial charge in [0.1, 0.15) is 23.9 Å². The van der Waals surface area contributed by atoms with Crippen LogP contribution in [0.25, 0.3) is 10.8 Å². The molecule has 1 amide bonds. The lowest BCUT2D eigenvalue weighted by atomic mass is 10.1. The number of hydrogen-bond donors (Lipinski definition) is 1. The van der Waals surface area contributed by atoms with E-state index in [1.54, 1.807) is 12.1 Å². The van der Waals surface area contributed by atoms with Gasteiger partial charge in [-0.15, -0.1) is 0 Å². The summed E-state index contributed by atoms with van der Waals surface area (Å²) in [5, 5.41) is 4.44. The van der Waals surface area contributed by atoms with Crippen LogP contribution < -0.4 is 14.8 Å². The molecule has 0 atom stereocenters. The van der Waals surface area contributed by atoms with E-state index in [9.17, 15) is 9.59 Å². The van der Waals surface area contributed by atoms with Gasteiger partial charge in [-0.25, -0.2) is 9.59 Å². The number of para-hydroxylation sites is 1.